The zero-order valence-electron chi connectivity index (χ0n) is 5.70. The quantitative estimate of drug-likeness (QED) is 0.543. The Labute approximate surface area is 60.8 Å². The molecule has 2 nitrogen and oxygen atoms in total. The molecule has 1 aromatic carbocycles. The van der Waals surface area contributed by atoms with E-state index in [9.17, 15) is 5.02 Å². The Morgan fingerprint density at radius 2 is 1.90 bits per heavy atom. The second-order valence-corrected chi connectivity index (χ2v) is 2.03. The molecule has 1 radical (unpaired) electrons. The first kappa shape index (κ1) is 7.16. The Balaban J connectivity index is 2.69. The zero-order valence-corrected chi connectivity index (χ0v) is 5.70. The Morgan fingerprint density at radius 3 is 2.40 bits per heavy atom. The first-order valence-corrected chi connectivity index (χ1v) is 3.00. The van der Waals surface area contributed by atoms with Gasteiger partial charge >= 0.3 is 0 Å². The zero-order chi connectivity index (χ0) is 7.40. The molecule has 0 saturated heterocycles. The number of rotatable bonds is 2. The number of aryl methyl sites for hydroxylation is 1. The van der Waals surface area contributed by atoms with Crippen LogP contribution in [0.1, 0.15) is 5.56 Å². The van der Waals surface area contributed by atoms with E-state index >= 15 is 0 Å². The molecule has 0 aromatic heterocycles. The summed E-state index contributed by atoms with van der Waals surface area (Å²) in [4.78, 5) is 0. The van der Waals surface area contributed by atoms with E-state index in [1.54, 1.807) is 12.1 Å². The molecule has 0 aliphatic rings. The van der Waals surface area contributed by atoms with Gasteiger partial charge in [0.2, 0.25) is 7.69 Å². The fraction of sp³-hybridized carbons (Fsp3) is 0.143. The summed E-state index contributed by atoms with van der Waals surface area (Å²) in [5.41, 5.74) is 1.15. The molecule has 0 atom stereocenters. The van der Waals surface area contributed by atoms with Crippen molar-refractivity contribution in [2.45, 2.75) is 6.92 Å². The number of hydrogen-bond acceptors (Lipinski definition) is 2. The van der Waals surface area contributed by atoms with Gasteiger partial charge in [-0.25, -0.2) is 0 Å². The molecule has 0 bridgehead atoms. The van der Waals surface area contributed by atoms with Gasteiger partial charge in [-0.3, -0.25) is 0 Å². The maximum Gasteiger partial charge on any atom is 0.244 e. The van der Waals surface area contributed by atoms with Gasteiger partial charge < -0.3 is 9.68 Å². The standard InChI is InChI=1S/C7H7BO2/c1-6-2-4-7(5-3-6)10-8-9/h2-5H,1H3/q-1. The summed E-state index contributed by atoms with van der Waals surface area (Å²) >= 11 is 0. The van der Waals surface area contributed by atoms with Gasteiger partial charge in [0.1, 0.15) is 0 Å². The first-order chi connectivity index (χ1) is 4.83. The van der Waals surface area contributed by atoms with E-state index < -0.39 is 0 Å². The lowest BCUT2D eigenvalue weighted by molar-refractivity contribution is -0.198. The Hall–Kier alpha value is -0.955. The van der Waals surface area contributed by atoms with Crippen LogP contribution < -0.4 is 9.68 Å². The van der Waals surface area contributed by atoms with Crippen molar-refractivity contribution in [3.05, 3.63) is 29.8 Å². The van der Waals surface area contributed by atoms with Crippen molar-refractivity contribution in [2.75, 3.05) is 0 Å². The Bertz CT molecular complexity index is 195. The monoisotopic (exact) mass is 134 g/mol. The number of benzene rings is 1. The fourth-order valence-corrected chi connectivity index (χ4v) is 0.672. The highest BCUT2D eigenvalue weighted by Gasteiger charge is 1.86. The van der Waals surface area contributed by atoms with Crippen molar-refractivity contribution >= 4 is 7.69 Å². The second kappa shape index (κ2) is 3.27. The second-order valence-electron chi connectivity index (χ2n) is 2.03. The van der Waals surface area contributed by atoms with Gasteiger partial charge in [0, 0.05) is 0 Å². The van der Waals surface area contributed by atoms with Gasteiger partial charge in [-0.15, -0.1) is 0 Å². The van der Waals surface area contributed by atoms with E-state index in [-0.39, 0.29) is 0 Å². The molecule has 0 aliphatic heterocycles. The van der Waals surface area contributed by atoms with Crippen LogP contribution in [0.15, 0.2) is 24.3 Å². The summed E-state index contributed by atoms with van der Waals surface area (Å²) < 4.78 is 4.58. The van der Waals surface area contributed by atoms with Crippen LogP contribution >= 0.6 is 0 Å². The fourth-order valence-electron chi connectivity index (χ4n) is 0.672. The molecule has 0 aliphatic carbocycles. The average Bonchev–Trinajstić information content (AvgIpc) is 1.95. The van der Waals surface area contributed by atoms with E-state index in [4.69, 9.17) is 0 Å². The maximum absolute atomic E-state index is 9.84. The Kier molecular flexibility index (Phi) is 2.34. The third-order valence-electron chi connectivity index (χ3n) is 1.21. The summed E-state index contributed by atoms with van der Waals surface area (Å²) in [6.45, 7) is 1.98. The van der Waals surface area contributed by atoms with Crippen LogP contribution in [0.4, 0.5) is 0 Å². The maximum atomic E-state index is 9.84. The van der Waals surface area contributed by atoms with Crippen molar-refractivity contribution in [3.63, 3.8) is 0 Å². The molecule has 0 saturated carbocycles. The highest BCUT2D eigenvalue weighted by atomic mass is 16.5. The van der Waals surface area contributed by atoms with Crippen LogP contribution in [0.2, 0.25) is 0 Å². The van der Waals surface area contributed by atoms with Crippen LogP contribution in [0, 0.1) is 6.92 Å². The average molecular weight is 134 g/mol. The highest BCUT2D eigenvalue weighted by molar-refractivity contribution is 6.15. The van der Waals surface area contributed by atoms with E-state index in [0.29, 0.717) is 13.4 Å². The van der Waals surface area contributed by atoms with E-state index in [1.165, 1.54) is 0 Å². The van der Waals surface area contributed by atoms with Crippen LogP contribution in [-0.2, 0) is 0 Å². The van der Waals surface area contributed by atoms with Gasteiger partial charge in [-0.2, -0.15) is 0 Å². The molecular formula is C7H7BO2-. The lowest BCUT2D eigenvalue weighted by Gasteiger charge is -2.06. The largest absolute Gasteiger partial charge is 0.850 e. The van der Waals surface area contributed by atoms with Crippen LogP contribution in [-0.4, -0.2) is 7.69 Å². The molecule has 1 aromatic rings. The van der Waals surface area contributed by atoms with E-state index in [1.807, 2.05) is 19.1 Å². The molecule has 0 spiro atoms. The van der Waals surface area contributed by atoms with Crippen molar-refractivity contribution in [1.82, 2.24) is 0 Å². The minimum Gasteiger partial charge on any atom is -0.850 e. The summed E-state index contributed by atoms with van der Waals surface area (Å²) in [6, 6.07) is 7.28. The van der Waals surface area contributed by atoms with Gasteiger partial charge in [0.05, 0.1) is 5.75 Å². The smallest absolute Gasteiger partial charge is 0.244 e. The summed E-state index contributed by atoms with van der Waals surface area (Å²) in [6.07, 6.45) is 0. The third-order valence-corrected chi connectivity index (χ3v) is 1.21. The van der Waals surface area contributed by atoms with E-state index in [2.05, 4.69) is 4.65 Å². The van der Waals surface area contributed by atoms with Gasteiger partial charge in [0.15, 0.2) is 0 Å². The van der Waals surface area contributed by atoms with Gasteiger partial charge in [0.25, 0.3) is 0 Å². The molecular weight excluding hydrogens is 127 g/mol. The van der Waals surface area contributed by atoms with Crippen molar-refractivity contribution in [3.8, 4) is 5.75 Å². The lowest BCUT2D eigenvalue weighted by atomic mass is 10.2. The minimum atomic E-state index is 0.421. The molecule has 0 amide bonds. The number of hydrogen-bond donors (Lipinski definition) is 0. The molecule has 51 valence electrons. The molecule has 3 heteroatoms. The van der Waals surface area contributed by atoms with Crippen molar-refractivity contribution in [2.24, 2.45) is 0 Å². The molecule has 10 heavy (non-hydrogen) atoms. The third kappa shape index (κ3) is 1.77. The van der Waals surface area contributed by atoms with Crippen LogP contribution in [0.25, 0.3) is 0 Å². The normalized spacial score (nSPS) is 9.00. The topological polar surface area (TPSA) is 32.3 Å². The minimum absolute atomic E-state index is 0.421. The van der Waals surface area contributed by atoms with Crippen LogP contribution in [0.3, 0.4) is 0 Å². The molecule has 0 N–H and O–H groups in total. The highest BCUT2D eigenvalue weighted by Crippen LogP contribution is 2.09. The summed E-state index contributed by atoms with van der Waals surface area (Å²) in [5.74, 6) is 0.584. The van der Waals surface area contributed by atoms with Gasteiger partial charge in [-0.1, -0.05) is 17.7 Å². The summed E-state index contributed by atoms with van der Waals surface area (Å²) in [5, 5.41) is 9.84. The molecule has 1 rings (SSSR count). The van der Waals surface area contributed by atoms with E-state index in [0.717, 1.165) is 5.56 Å². The summed E-state index contributed by atoms with van der Waals surface area (Å²) in [7, 11) is 0.421. The van der Waals surface area contributed by atoms with Crippen molar-refractivity contribution in [1.29, 1.82) is 0 Å². The molecule has 0 unspecified atom stereocenters. The lowest BCUT2D eigenvalue weighted by Crippen LogP contribution is -2.18. The van der Waals surface area contributed by atoms with Crippen LogP contribution in [0.5, 0.6) is 5.75 Å². The van der Waals surface area contributed by atoms with Crippen molar-refractivity contribution < 1.29 is 9.68 Å². The molecule has 0 fully saturated rings. The molecule has 0 heterocycles. The predicted octanol–water partition coefficient (Wildman–Crippen LogP) is 0.268. The first-order valence-electron chi connectivity index (χ1n) is 3.00. The SMILES string of the molecule is Cc1ccc(O[B][O-])cc1. The Morgan fingerprint density at radius 1 is 1.30 bits per heavy atom. The van der Waals surface area contributed by atoms with Gasteiger partial charge in [-0.05, 0) is 19.1 Å². The predicted molar refractivity (Wildman–Crippen MR) is 37.6 cm³/mol.